The van der Waals surface area contributed by atoms with Gasteiger partial charge < -0.3 is 46.0 Å². The number of phenols is 2. The zero-order valence-corrected chi connectivity index (χ0v) is 39.6. The lowest BCUT2D eigenvalue weighted by Gasteiger charge is -2.44. The zero-order valence-electron chi connectivity index (χ0n) is 39.6. The van der Waals surface area contributed by atoms with Crippen molar-refractivity contribution in [3.05, 3.63) is 88.4 Å². The first-order valence-electron chi connectivity index (χ1n) is 24.4. The number of anilines is 2. The third-order valence-corrected chi connectivity index (χ3v) is 14.9. The van der Waals surface area contributed by atoms with Crippen LogP contribution in [0, 0.1) is 0 Å². The minimum Gasteiger partial charge on any atom is -0.508 e. The predicted octanol–water partition coefficient (Wildman–Crippen LogP) is 3.43. The first-order chi connectivity index (χ1) is 33.3. The van der Waals surface area contributed by atoms with E-state index in [9.17, 15) is 24.6 Å². The highest BCUT2D eigenvalue weighted by atomic mass is 16.5. The Kier molecular flexibility index (Phi) is 12.9. The van der Waals surface area contributed by atoms with E-state index in [4.69, 9.17) is 26.3 Å². The maximum Gasteiger partial charge on any atom is 0.258 e. The molecule has 8 heterocycles. The van der Waals surface area contributed by atoms with Crippen LogP contribution >= 0.6 is 0 Å². The molecule has 69 heavy (non-hydrogen) atoms. The quantitative estimate of drug-likeness (QED) is 0.157. The number of rotatable bonds is 10. The summed E-state index contributed by atoms with van der Waals surface area (Å²) in [5.41, 5.74) is 18.1. The highest BCUT2D eigenvalue weighted by molar-refractivity contribution is 5.98. The molecule has 0 unspecified atom stereocenters. The van der Waals surface area contributed by atoms with Crippen LogP contribution in [0.15, 0.2) is 55.0 Å². The molecule has 0 bridgehead atoms. The number of likely N-dealkylation sites (tertiary alicyclic amines) is 2. The van der Waals surface area contributed by atoms with Crippen LogP contribution in [0.3, 0.4) is 0 Å². The second-order valence-electron chi connectivity index (χ2n) is 19.8. The molecular formula is C50H63N13O6. The molecular weight excluding hydrogens is 879 g/mol. The van der Waals surface area contributed by atoms with Gasteiger partial charge in [0.1, 0.15) is 17.0 Å². The van der Waals surface area contributed by atoms with Gasteiger partial charge in [-0.05, 0) is 79.1 Å². The van der Waals surface area contributed by atoms with Crippen molar-refractivity contribution < 1.29 is 29.3 Å². The Morgan fingerprint density at radius 3 is 2.23 bits per heavy atom. The number of hydrogen-bond acceptors (Lipinski definition) is 15. The number of morpholine rings is 1. The summed E-state index contributed by atoms with van der Waals surface area (Å²) in [5.74, 6) is 0.822. The van der Waals surface area contributed by atoms with Crippen molar-refractivity contribution >= 4 is 35.0 Å². The minimum absolute atomic E-state index is 0.00254. The van der Waals surface area contributed by atoms with Gasteiger partial charge in [0.15, 0.2) is 11.6 Å². The molecule has 5 aromatic rings. The number of carbonyl (C=O) groups excluding carboxylic acids is 3. The van der Waals surface area contributed by atoms with Gasteiger partial charge in [-0.15, -0.1) is 5.10 Å². The van der Waals surface area contributed by atoms with Crippen LogP contribution < -0.4 is 16.4 Å². The number of nitrogens with zero attached hydrogens (tertiary/aromatic N) is 11. The van der Waals surface area contributed by atoms with Gasteiger partial charge in [0, 0.05) is 115 Å². The van der Waals surface area contributed by atoms with Crippen molar-refractivity contribution in [1.29, 1.82) is 0 Å². The third kappa shape index (κ3) is 9.77. The van der Waals surface area contributed by atoms with E-state index in [2.05, 4.69) is 42.9 Å². The highest BCUT2D eigenvalue weighted by Gasteiger charge is 2.38. The number of aromatic nitrogens is 5. The van der Waals surface area contributed by atoms with Crippen molar-refractivity contribution in [2.45, 2.75) is 83.1 Å². The molecule has 364 valence electrons. The third-order valence-electron chi connectivity index (χ3n) is 14.9. The predicted molar refractivity (Wildman–Crippen MR) is 258 cm³/mol. The Morgan fingerprint density at radius 1 is 0.812 bits per heavy atom. The van der Waals surface area contributed by atoms with Crippen LogP contribution in [-0.2, 0) is 29.2 Å². The van der Waals surface area contributed by atoms with Crippen molar-refractivity contribution in [1.82, 2.24) is 49.1 Å². The number of nitrogen functional groups attached to an aromatic ring is 1. The standard InChI is InChI=1S/C50H63N13O6/c1-32(2)39-23-40(43(65)24-42(39)64)48(68)62-29-34-4-3-33(21-35(34)30-62)28-57-9-5-38(6-10-57)58-13-15-59(16-14-58)44(66)25-50(52)7-11-61(12-8-50)47(67)36-22-41-46(60-17-19-69-20-18-60)55-45(56-63(41)31-36)37-26-53-49(51)54-27-37/h3-4,21-24,26-27,31-32,38,64-65H,5-20,25,28-30,52H2,1-2H3,(H2,51,53,54). The number of fused-ring (bicyclic) bond motifs is 2. The molecule has 0 spiro atoms. The number of piperidine rings is 2. The fourth-order valence-corrected chi connectivity index (χ4v) is 10.7. The van der Waals surface area contributed by atoms with Crippen LogP contribution in [0.2, 0.25) is 0 Å². The van der Waals surface area contributed by atoms with Crippen molar-refractivity contribution in [3.8, 4) is 22.9 Å². The monoisotopic (exact) mass is 942 g/mol. The van der Waals surface area contributed by atoms with Crippen LogP contribution in [0.4, 0.5) is 11.8 Å². The summed E-state index contributed by atoms with van der Waals surface area (Å²) in [6.07, 6.45) is 8.38. The average molecular weight is 942 g/mol. The zero-order chi connectivity index (χ0) is 48.0. The maximum absolute atomic E-state index is 14.0. The lowest BCUT2D eigenvalue weighted by molar-refractivity contribution is -0.135. The van der Waals surface area contributed by atoms with Gasteiger partial charge in [0.25, 0.3) is 11.8 Å². The summed E-state index contributed by atoms with van der Waals surface area (Å²) in [7, 11) is 0. The lowest BCUT2D eigenvalue weighted by atomic mass is 9.84. The summed E-state index contributed by atoms with van der Waals surface area (Å²) in [5, 5.41) is 25.5. The topological polar surface area (TPSA) is 228 Å². The Bertz CT molecular complexity index is 2720. The SMILES string of the molecule is CC(C)c1cc(C(=O)N2Cc3ccc(CN4CCC(N5CCN(C(=O)CC6(N)CCN(C(=O)c7cc8c(N9CCOCC9)nc(-c9cnc(N)nc9)nn8c7)CC6)CC5)CC4)cc3C2)c(O)cc1O. The molecule has 6 N–H and O–H groups in total. The summed E-state index contributed by atoms with van der Waals surface area (Å²) in [6, 6.07) is 11.7. The van der Waals surface area contributed by atoms with E-state index in [1.807, 2.05) is 29.7 Å². The van der Waals surface area contributed by atoms with Gasteiger partial charge in [-0.25, -0.2) is 19.5 Å². The van der Waals surface area contributed by atoms with E-state index >= 15 is 0 Å². The van der Waals surface area contributed by atoms with Crippen LogP contribution in [-0.4, -0.2) is 167 Å². The molecule has 4 saturated heterocycles. The Hall–Kier alpha value is -6.41. The molecule has 10 rings (SSSR count). The summed E-state index contributed by atoms with van der Waals surface area (Å²) < 4.78 is 7.29. The van der Waals surface area contributed by atoms with Gasteiger partial charge in [0.05, 0.1) is 29.9 Å². The van der Waals surface area contributed by atoms with Crippen LogP contribution in [0.5, 0.6) is 11.5 Å². The molecule has 3 aromatic heterocycles. The summed E-state index contributed by atoms with van der Waals surface area (Å²) in [4.78, 5) is 67.1. The van der Waals surface area contributed by atoms with Crippen molar-refractivity contribution in [2.24, 2.45) is 5.73 Å². The van der Waals surface area contributed by atoms with E-state index in [0.29, 0.717) is 113 Å². The highest BCUT2D eigenvalue weighted by Crippen LogP contribution is 2.35. The number of ether oxygens (including phenoxy) is 1. The molecule has 4 fully saturated rings. The largest absolute Gasteiger partial charge is 0.508 e. The van der Waals surface area contributed by atoms with Gasteiger partial charge in [-0.2, -0.15) is 0 Å². The molecule has 0 atom stereocenters. The fraction of sp³-hybridized carbons (Fsp3) is 0.500. The van der Waals surface area contributed by atoms with Gasteiger partial charge in [0.2, 0.25) is 11.9 Å². The number of phenolic OH excluding ortho intramolecular Hbond substituents is 2. The summed E-state index contributed by atoms with van der Waals surface area (Å²) >= 11 is 0. The number of nitrogens with two attached hydrogens (primary N) is 2. The van der Waals surface area contributed by atoms with Crippen LogP contribution in [0.25, 0.3) is 16.9 Å². The van der Waals surface area contributed by atoms with Crippen LogP contribution in [0.1, 0.15) is 94.8 Å². The molecule has 2 aromatic carbocycles. The van der Waals surface area contributed by atoms with E-state index in [-0.39, 0.29) is 53.1 Å². The number of amides is 3. The van der Waals surface area contributed by atoms with E-state index < -0.39 is 5.54 Å². The first-order valence-corrected chi connectivity index (χ1v) is 24.4. The number of benzene rings is 2. The molecule has 19 nitrogen and oxygen atoms in total. The Morgan fingerprint density at radius 2 is 1.52 bits per heavy atom. The van der Waals surface area contributed by atoms with E-state index in [0.717, 1.165) is 62.2 Å². The number of hydrogen-bond donors (Lipinski definition) is 4. The van der Waals surface area contributed by atoms with Gasteiger partial charge in [-0.1, -0.05) is 32.0 Å². The molecule has 5 aliphatic heterocycles. The molecule has 0 saturated carbocycles. The number of aromatic hydroxyl groups is 2. The normalized spacial score (nSPS) is 19.4. The van der Waals surface area contributed by atoms with E-state index in [1.54, 1.807) is 34.1 Å². The van der Waals surface area contributed by atoms with E-state index in [1.165, 1.54) is 11.6 Å². The molecule has 0 radical (unpaired) electrons. The molecule has 3 amide bonds. The maximum atomic E-state index is 14.0. The molecule has 5 aliphatic rings. The Labute approximate surface area is 401 Å². The molecule has 19 heteroatoms. The molecule has 0 aliphatic carbocycles. The second kappa shape index (κ2) is 19.2. The van der Waals surface area contributed by atoms with Crippen molar-refractivity contribution in [2.75, 3.05) is 89.3 Å². The first kappa shape index (κ1) is 46.3. The smallest absolute Gasteiger partial charge is 0.258 e. The Balaban J connectivity index is 0.677. The lowest BCUT2D eigenvalue weighted by Crippen LogP contribution is -2.57. The minimum atomic E-state index is -0.681. The van der Waals surface area contributed by atoms with Gasteiger partial charge >= 0.3 is 0 Å². The van der Waals surface area contributed by atoms with Gasteiger partial charge in [-0.3, -0.25) is 24.2 Å². The average Bonchev–Trinajstić information content (AvgIpc) is 3.99. The van der Waals surface area contributed by atoms with Crippen molar-refractivity contribution in [3.63, 3.8) is 0 Å². The fourth-order valence-electron chi connectivity index (χ4n) is 10.7. The number of carbonyl (C=O) groups is 3. The second-order valence-corrected chi connectivity index (χ2v) is 19.8. The number of piperazine rings is 1. The summed E-state index contributed by atoms with van der Waals surface area (Å²) in [6.45, 7) is 14.1.